The van der Waals surface area contributed by atoms with Crippen LogP contribution >= 0.6 is 0 Å². The van der Waals surface area contributed by atoms with Gasteiger partial charge in [0.2, 0.25) is 0 Å². The normalized spacial score (nSPS) is 29.7. The second-order valence-electron chi connectivity index (χ2n) is 6.83. The van der Waals surface area contributed by atoms with Gasteiger partial charge in [-0.3, -0.25) is 0 Å². The molecule has 0 spiro atoms. The molecule has 0 aromatic rings. The summed E-state index contributed by atoms with van der Waals surface area (Å²) in [5.41, 5.74) is 0. The summed E-state index contributed by atoms with van der Waals surface area (Å²) in [6.07, 6.45) is 8.46. The van der Waals surface area contributed by atoms with Gasteiger partial charge in [0.25, 0.3) is 0 Å². The summed E-state index contributed by atoms with van der Waals surface area (Å²) in [5, 5.41) is 0. The van der Waals surface area contributed by atoms with Gasteiger partial charge in [-0.05, 0) is 42.4 Å². The highest BCUT2D eigenvalue weighted by molar-refractivity contribution is 4.77. The van der Waals surface area contributed by atoms with Gasteiger partial charge in [0.15, 0.2) is 0 Å². The van der Waals surface area contributed by atoms with Gasteiger partial charge < -0.3 is 0 Å². The second-order valence-corrected chi connectivity index (χ2v) is 6.83. The molecule has 0 saturated heterocycles. The van der Waals surface area contributed by atoms with Gasteiger partial charge in [0.1, 0.15) is 0 Å². The predicted octanol–water partition coefficient (Wildman–Crippen LogP) is 6.55. The standard InChI is InChI=1S/C12H24.C6H14/c1-5-9(2)12-7-6-10(3)11(4)8-12;1-4-6(3)5-2/h9-12H,5-8H2,1-4H3;6H,4-5H2,1-3H3. The molecule has 0 bridgehead atoms. The van der Waals surface area contributed by atoms with Crippen molar-refractivity contribution in [1.82, 2.24) is 0 Å². The minimum atomic E-state index is 0.935. The fourth-order valence-corrected chi connectivity index (χ4v) is 2.73. The molecule has 0 amide bonds. The van der Waals surface area contributed by atoms with E-state index in [1.807, 2.05) is 0 Å². The molecule has 0 aromatic heterocycles. The van der Waals surface area contributed by atoms with Crippen LogP contribution in [0.25, 0.3) is 0 Å². The van der Waals surface area contributed by atoms with Crippen molar-refractivity contribution in [2.45, 2.75) is 87.0 Å². The molecule has 1 saturated carbocycles. The van der Waals surface area contributed by atoms with Gasteiger partial charge in [-0.1, -0.05) is 74.1 Å². The maximum Gasteiger partial charge on any atom is -0.0386 e. The van der Waals surface area contributed by atoms with Crippen LogP contribution in [0.2, 0.25) is 0 Å². The molecule has 0 N–H and O–H groups in total. The summed E-state index contributed by atoms with van der Waals surface area (Å²) in [6.45, 7) is 16.3. The molecule has 0 heterocycles. The minimum Gasteiger partial charge on any atom is -0.0651 e. The fraction of sp³-hybridized carbons (Fsp3) is 1.00. The predicted molar refractivity (Wildman–Crippen MR) is 84.9 cm³/mol. The quantitative estimate of drug-likeness (QED) is 0.534. The number of hydrogen-bond acceptors (Lipinski definition) is 0. The van der Waals surface area contributed by atoms with Crippen molar-refractivity contribution in [2.75, 3.05) is 0 Å². The van der Waals surface area contributed by atoms with Gasteiger partial charge in [0, 0.05) is 0 Å². The topological polar surface area (TPSA) is 0 Å². The monoisotopic (exact) mass is 254 g/mol. The van der Waals surface area contributed by atoms with E-state index in [4.69, 9.17) is 0 Å². The van der Waals surface area contributed by atoms with Crippen molar-refractivity contribution in [3.63, 3.8) is 0 Å². The molecule has 0 heteroatoms. The summed E-state index contributed by atoms with van der Waals surface area (Å²) in [6, 6.07) is 0. The Labute approximate surface area is 117 Å². The van der Waals surface area contributed by atoms with E-state index in [2.05, 4.69) is 48.5 Å². The Bertz CT molecular complexity index is 180. The van der Waals surface area contributed by atoms with Crippen LogP contribution in [0.1, 0.15) is 87.0 Å². The first-order valence-corrected chi connectivity index (χ1v) is 8.46. The number of hydrogen-bond donors (Lipinski definition) is 0. The van der Waals surface area contributed by atoms with Gasteiger partial charge in [-0.15, -0.1) is 0 Å². The zero-order valence-electron chi connectivity index (χ0n) is 14.1. The van der Waals surface area contributed by atoms with Crippen LogP contribution in [0.4, 0.5) is 0 Å². The minimum absolute atomic E-state index is 0.935. The Kier molecular flexibility index (Phi) is 9.87. The summed E-state index contributed by atoms with van der Waals surface area (Å²) in [4.78, 5) is 0. The van der Waals surface area contributed by atoms with E-state index in [0.29, 0.717) is 0 Å². The Morgan fingerprint density at radius 3 is 1.72 bits per heavy atom. The van der Waals surface area contributed by atoms with E-state index in [1.54, 1.807) is 0 Å². The lowest BCUT2D eigenvalue weighted by atomic mass is 9.71. The summed E-state index contributed by atoms with van der Waals surface area (Å²) in [5.74, 6) is 4.87. The summed E-state index contributed by atoms with van der Waals surface area (Å²) in [7, 11) is 0. The molecule has 0 aliphatic heterocycles. The zero-order valence-corrected chi connectivity index (χ0v) is 14.1. The highest BCUT2D eigenvalue weighted by Gasteiger charge is 2.26. The van der Waals surface area contributed by atoms with Crippen LogP contribution in [0.3, 0.4) is 0 Å². The first-order valence-electron chi connectivity index (χ1n) is 8.46. The SMILES string of the molecule is CCC(C)C1CCC(C)C(C)C1.CCC(C)CC. The molecule has 1 fully saturated rings. The third kappa shape index (κ3) is 6.81. The van der Waals surface area contributed by atoms with Gasteiger partial charge in [-0.25, -0.2) is 0 Å². The van der Waals surface area contributed by atoms with E-state index >= 15 is 0 Å². The molecule has 4 atom stereocenters. The van der Waals surface area contributed by atoms with Gasteiger partial charge in [0.05, 0.1) is 0 Å². The lowest BCUT2D eigenvalue weighted by Crippen LogP contribution is -2.24. The molecular formula is C18H38. The number of rotatable bonds is 4. The van der Waals surface area contributed by atoms with E-state index in [-0.39, 0.29) is 0 Å². The van der Waals surface area contributed by atoms with E-state index in [1.165, 1.54) is 38.5 Å². The summed E-state index contributed by atoms with van der Waals surface area (Å²) < 4.78 is 0. The molecule has 1 rings (SSSR count). The molecule has 1 aliphatic rings. The van der Waals surface area contributed by atoms with E-state index < -0.39 is 0 Å². The zero-order chi connectivity index (χ0) is 14.1. The largest absolute Gasteiger partial charge is 0.0651 e. The maximum atomic E-state index is 2.43. The van der Waals surface area contributed by atoms with E-state index in [0.717, 1.165) is 29.6 Å². The third-order valence-corrected chi connectivity index (χ3v) is 5.48. The molecule has 110 valence electrons. The van der Waals surface area contributed by atoms with Crippen molar-refractivity contribution >= 4 is 0 Å². The fourth-order valence-electron chi connectivity index (χ4n) is 2.73. The van der Waals surface area contributed by atoms with Crippen molar-refractivity contribution in [3.05, 3.63) is 0 Å². The highest BCUT2D eigenvalue weighted by atomic mass is 14.3. The van der Waals surface area contributed by atoms with Crippen LogP contribution in [-0.2, 0) is 0 Å². The molecule has 0 radical (unpaired) electrons. The Hall–Kier alpha value is 0. The van der Waals surface area contributed by atoms with Crippen LogP contribution in [0, 0.1) is 29.6 Å². The average molecular weight is 255 g/mol. The smallest absolute Gasteiger partial charge is 0.0386 e. The van der Waals surface area contributed by atoms with Crippen molar-refractivity contribution in [3.8, 4) is 0 Å². The third-order valence-electron chi connectivity index (χ3n) is 5.48. The van der Waals surface area contributed by atoms with Crippen LogP contribution in [0.15, 0.2) is 0 Å². The maximum absolute atomic E-state index is 2.43. The Balaban J connectivity index is 0.000000411. The van der Waals surface area contributed by atoms with Gasteiger partial charge >= 0.3 is 0 Å². The van der Waals surface area contributed by atoms with Gasteiger partial charge in [-0.2, -0.15) is 0 Å². The highest BCUT2D eigenvalue weighted by Crippen LogP contribution is 2.37. The lowest BCUT2D eigenvalue weighted by Gasteiger charge is -2.35. The van der Waals surface area contributed by atoms with Crippen LogP contribution in [0.5, 0.6) is 0 Å². The molecule has 4 unspecified atom stereocenters. The molecule has 1 aliphatic carbocycles. The van der Waals surface area contributed by atoms with E-state index in [9.17, 15) is 0 Å². The Morgan fingerprint density at radius 2 is 1.39 bits per heavy atom. The van der Waals surface area contributed by atoms with Crippen LogP contribution in [-0.4, -0.2) is 0 Å². The van der Waals surface area contributed by atoms with Crippen molar-refractivity contribution in [1.29, 1.82) is 0 Å². The first-order chi connectivity index (χ1) is 8.46. The molecule has 0 aromatic carbocycles. The lowest BCUT2D eigenvalue weighted by molar-refractivity contribution is 0.161. The molecule has 0 nitrogen and oxygen atoms in total. The van der Waals surface area contributed by atoms with Crippen LogP contribution < -0.4 is 0 Å². The first kappa shape index (κ1) is 18.0. The Morgan fingerprint density at radius 1 is 0.833 bits per heavy atom. The second kappa shape index (κ2) is 9.87. The average Bonchev–Trinajstić information content (AvgIpc) is 2.40. The molecule has 18 heavy (non-hydrogen) atoms. The van der Waals surface area contributed by atoms with Crippen molar-refractivity contribution < 1.29 is 0 Å². The molecular weight excluding hydrogens is 216 g/mol. The summed E-state index contributed by atoms with van der Waals surface area (Å²) >= 11 is 0. The van der Waals surface area contributed by atoms with Crippen molar-refractivity contribution in [2.24, 2.45) is 29.6 Å².